The van der Waals surface area contributed by atoms with Crippen LogP contribution in [0, 0.1) is 5.92 Å². The Morgan fingerprint density at radius 2 is 2.27 bits per heavy atom. The second kappa shape index (κ2) is 4.86. The van der Waals surface area contributed by atoms with Crippen molar-refractivity contribution in [3.63, 3.8) is 0 Å². The van der Waals surface area contributed by atoms with Gasteiger partial charge in [-0.05, 0) is 49.1 Å². The first-order valence-corrected chi connectivity index (χ1v) is 5.70. The molecule has 1 saturated carbocycles. The van der Waals surface area contributed by atoms with Crippen molar-refractivity contribution in [1.29, 1.82) is 0 Å². The number of nitrogens with one attached hydrogen (secondary N) is 1. The second-order valence-electron chi connectivity index (χ2n) is 4.03. The molecule has 0 amide bonds. The quantitative estimate of drug-likeness (QED) is 0.832. The molecule has 0 bridgehead atoms. The summed E-state index contributed by atoms with van der Waals surface area (Å²) >= 11 is 6.09. The van der Waals surface area contributed by atoms with E-state index in [-0.39, 0.29) is 0 Å². The van der Waals surface area contributed by atoms with Crippen molar-refractivity contribution >= 4 is 11.6 Å². The van der Waals surface area contributed by atoms with Crippen molar-refractivity contribution in [3.8, 4) is 5.75 Å². The number of rotatable bonds is 5. The highest BCUT2D eigenvalue weighted by Gasteiger charge is 2.20. The molecule has 0 saturated heterocycles. The van der Waals surface area contributed by atoms with Crippen molar-refractivity contribution in [1.82, 2.24) is 5.32 Å². The van der Waals surface area contributed by atoms with E-state index >= 15 is 0 Å². The molecule has 1 aliphatic carbocycles. The van der Waals surface area contributed by atoms with Crippen LogP contribution in [-0.4, -0.2) is 13.7 Å². The van der Waals surface area contributed by atoms with Gasteiger partial charge >= 0.3 is 0 Å². The number of hydrogen-bond donors (Lipinski definition) is 1. The fourth-order valence-electron chi connectivity index (χ4n) is 1.55. The zero-order valence-corrected chi connectivity index (χ0v) is 9.68. The third kappa shape index (κ3) is 3.11. The van der Waals surface area contributed by atoms with Gasteiger partial charge in [-0.1, -0.05) is 11.6 Å². The Bertz CT molecular complexity index is 336. The molecule has 2 nitrogen and oxygen atoms in total. The summed E-state index contributed by atoms with van der Waals surface area (Å²) in [6, 6.07) is 5.75. The van der Waals surface area contributed by atoms with Crippen LogP contribution in [-0.2, 0) is 6.54 Å². The summed E-state index contributed by atoms with van der Waals surface area (Å²) in [6.45, 7) is 1.93. The Morgan fingerprint density at radius 1 is 1.47 bits per heavy atom. The maximum absolute atomic E-state index is 6.09. The van der Waals surface area contributed by atoms with E-state index in [1.54, 1.807) is 7.11 Å². The van der Waals surface area contributed by atoms with Crippen LogP contribution < -0.4 is 10.1 Å². The van der Waals surface area contributed by atoms with E-state index in [0.717, 1.165) is 35.3 Å². The molecule has 1 aromatic rings. The minimum atomic E-state index is 0.805. The molecule has 0 heterocycles. The molecule has 0 unspecified atom stereocenters. The highest BCUT2D eigenvalue weighted by molar-refractivity contribution is 6.31. The summed E-state index contributed by atoms with van der Waals surface area (Å²) < 4.78 is 5.16. The zero-order chi connectivity index (χ0) is 10.7. The summed E-state index contributed by atoms with van der Waals surface area (Å²) in [5, 5.41) is 4.22. The molecule has 0 radical (unpaired) electrons. The van der Waals surface area contributed by atoms with Crippen LogP contribution in [0.5, 0.6) is 5.75 Å². The summed E-state index contributed by atoms with van der Waals surface area (Å²) in [5.41, 5.74) is 1.11. The van der Waals surface area contributed by atoms with E-state index in [1.165, 1.54) is 12.8 Å². The van der Waals surface area contributed by atoms with Gasteiger partial charge in [-0.3, -0.25) is 0 Å². The molecule has 3 heteroatoms. The molecule has 1 aliphatic rings. The number of benzene rings is 1. The van der Waals surface area contributed by atoms with Crippen LogP contribution in [0.15, 0.2) is 18.2 Å². The van der Waals surface area contributed by atoms with Crippen LogP contribution >= 0.6 is 11.6 Å². The van der Waals surface area contributed by atoms with Crippen LogP contribution in [0.25, 0.3) is 0 Å². The fraction of sp³-hybridized carbons (Fsp3) is 0.500. The van der Waals surface area contributed by atoms with Crippen molar-refractivity contribution in [2.75, 3.05) is 13.7 Å². The molecular weight excluding hydrogens is 210 g/mol. The standard InChI is InChI=1S/C12H16ClNO/c1-15-11-4-5-12(13)10(6-11)8-14-7-9-2-3-9/h4-6,9,14H,2-3,7-8H2,1H3. The topological polar surface area (TPSA) is 21.3 Å². The minimum absolute atomic E-state index is 0.805. The first-order chi connectivity index (χ1) is 7.29. The molecule has 1 fully saturated rings. The average Bonchev–Trinajstić information content (AvgIpc) is 3.05. The molecule has 0 atom stereocenters. The van der Waals surface area contributed by atoms with Gasteiger partial charge in [-0.2, -0.15) is 0 Å². The highest BCUT2D eigenvalue weighted by Crippen LogP contribution is 2.28. The number of hydrogen-bond acceptors (Lipinski definition) is 2. The second-order valence-corrected chi connectivity index (χ2v) is 4.44. The number of ether oxygens (including phenoxy) is 1. The first kappa shape index (κ1) is 10.8. The van der Waals surface area contributed by atoms with Gasteiger partial charge in [0, 0.05) is 11.6 Å². The SMILES string of the molecule is COc1ccc(Cl)c(CNCC2CC2)c1. The summed E-state index contributed by atoms with van der Waals surface area (Å²) in [7, 11) is 1.67. The number of halogens is 1. The van der Waals surface area contributed by atoms with E-state index in [2.05, 4.69) is 5.32 Å². The van der Waals surface area contributed by atoms with Gasteiger partial charge in [0.1, 0.15) is 5.75 Å². The van der Waals surface area contributed by atoms with E-state index in [9.17, 15) is 0 Å². The third-order valence-corrected chi connectivity index (χ3v) is 3.07. The van der Waals surface area contributed by atoms with Gasteiger partial charge < -0.3 is 10.1 Å². The highest BCUT2D eigenvalue weighted by atomic mass is 35.5. The largest absolute Gasteiger partial charge is 0.497 e. The summed E-state index contributed by atoms with van der Waals surface area (Å²) in [4.78, 5) is 0. The molecule has 1 aromatic carbocycles. The van der Waals surface area contributed by atoms with Gasteiger partial charge in [0.2, 0.25) is 0 Å². The Hall–Kier alpha value is -0.730. The maximum atomic E-state index is 6.09. The zero-order valence-electron chi connectivity index (χ0n) is 8.92. The lowest BCUT2D eigenvalue weighted by Gasteiger charge is -2.08. The average molecular weight is 226 g/mol. The fourth-order valence-corrected chi connectivity index (χ4v) is 1.73. The number of methoxy groups -OCH3 is 1. The summed E-state index contributed by atoms with van der Waals surface area (Å²) in [6.07, 6.45) is 2.75. The van der Waals surface area contributed by atoms with E-state index in [4.69, 9.17) is 16.3 Å². The Morgan fingerprint density at radius 3 is 2.93 bits per heavy atom. The van der Waals surface area contributed by atoms with Crippen molar-refractivity contribution in [2.45, 2.75) is 19.4 Å². The predicted molar refractivity (Wildman–Crippen MR) is 62.4 cm³/mol. The van der Waals surface area contributed by atoms with E-state index in [1.807, 2.05) is 18.2 Å². The third-order valence-electron chi connectivity index (χ3n) is 2.70. The monoisotopic (exact) mass is 225 g/mol. The lowest BCUT2D eigenvalue weighted by molar-refractivity contribution is 0.414. The Kier molecular flexibility index (Phi) is 3.49. The summed E-state index contributed by atoms with van der Waals surface area (Å²) in [5.74, 6) is 1.76. The molecule has 82 valence electrons. The molecular formula is C12H16ClNO. The molecule has 15 heavy (non-hydrogen) atoms. The van der Waals surface area contributed by atoms with Crippen LogP contribution in [0.4, 0.5) is 0 Å². The lowest BCUT2D eigenvalue weighted by atomic mass is 10.2. The maximum Gasteiger partial charge on any atom is 0.119 e. The van der Waals surface area contributed by atoms with Crippen LogP contribution in [0.2, 0.25) is 5.02 Å². The smallest absolute Gasteiger partial charge is 0.119 e. The normalized spacial score (nSPS) is 15.3. The Balaban J connectivity index is 1.92. The molecule has 1 N–H and O–H groups in total. The van der Waals surface area contributed by atoms with E-state index < -0.39 is 0 Å². The van der Waals surface area contributed by atoms with Crippen molar-refractivity contribution in [3.05, 3.63) is 28.8 Å². The predicted octanol–water partition coefficient (Wildman–Crippen LogP) is 2.85. The molecule has 2 rings (SSSR count). The molecule has 0 spiro atoms. The molecule has 0 aliphatic heterocycles. The molecule has 0 aromatic heterocycles. The lowest BCUT2D eigenvalue weighted by Crippen LogP contribution is -2.16. The first-order valence-electron chi connectivity index (χ1n) is 5.32. The van der Waals surface area contributed by atoms with Gasteiger partial charge in [0.25, 0.3) is 0 Å². The van der Waals surface area contributed by atoms with Crippen LogP contribution in [0.3, 0.4) is 0 Å². The Labute approximate surface area is 95.6 Å². The minimum Gasteiger partial charge on any atom is -0.497 e. The van der Waals surface area contributed by atoms with Gasteiger partial charge in [-0.25, -0.2) is 0 Å². The van der Waals surface area contributed by atoms with Gasteiger partial charge in [0.05, 0.1) is 7.11 Å². The van der Waals surface area contributed by atoms with Crippen molar-refractivity contribution in [2.24, 2.45) is 5.92 Å². The van der Waals surface area contributed by atoms with Gasteiger partial charge in [-0.15, -0.1) is 0 Å². The van der Waals surface area contributed by atoms with E-state index in [0.29, 0.717) is 0 Å². The van der Waals surface area contributed by atoms with Crippen LogP contribution in [0.1, 0.15) is 18.4 Å². The van der Waals surface area contributed by atoms with Gasteiger partial charge in [0.15, 0.2) is 0 Å². The van der Waals surface area contributed by atoms with Crippen molar-refractivity contribution < 1.29 is 4.74 Å².